The van der Waals surface area contributed by atoms with Crippen molar-refractivity contribution in [1.82, 2.24) is 8.61 Å². The number of fused-ring (bicyclic) bond motifs is 1. The third-order valence-corrected chi connectivity index (χ3v) is 12.9. The lowest BCUT2D eigenvalue weighted by Gasteiger charge is -2.49. The van der Waals surface area contributed by atoms with Gasteiger partial charge in [0.25, 0.3) is 0 Å². The second kappa shape index (κ2) is 12.8. The van der Waals surface area contributed by atoms with E-state index in [2.05, 4.69) is 0 Å². The molecule has 2 aliphatic heterocycles. The maximum atomic E-state index is 14.8. The van der Waals surface area contributed by atoms with Crippen molar-refractivity contribution in [1.29, 1.82) is 0 Å². The van der Waals surface area contributed by atoms with Crippen molar-refractivity contribution in [2.45, 2.75) is 68.5 Å². The molecule has 2 heterocycles. The van der Waals surface area contributed by atoms with Gasteiger partial charge in [-0.05, 0) is 75.1 Å². The number of aryl methyl sites for hydroxylation is 3. The Morgan fingerprint density at radius 2 is 1.24 bits per heavy atom. The predicted molar refractivity (Wildman–Crippen MR) is 180 cm³/mol. The zero-order chi connectivity index (χ0) is 32.6. The monoisotopic (exact) mass is 656 g/mol. The van der Waals surface area contributed by atoms with Crippen LogP contribution in [0.2, 0.25) is 0 Å². The van der Waals surface area contributed by atoms with Crippen LogP contribution in [-0.4, -0.2) is 44.6 Å². The van der Waals surface area contributed by atoms with E-state index >= 15 is 0 Å². The molecule has 46 heavy (non-hydrogen) atoms. The molecule has 240 valence electrons. The average molecular weight is 657 g/mol. The van der Waals surface area contributed by atoms with E-state index in [0.29, 0.717) is 24.4 Å². The summed E-state index contributed by atoms with van der Waals surface area (Å²) in [4.78, 5) is 0.413. The minimum Gasteiger partial charge on any atom is -0.498 e. The molecule has 0 bridgehead atoms. The molecule has 0 unspecified atom stereocenters. The molecule has 1 saturated heterocycles. The summed E-state index contributed by atoms with van der Waals surface area (Å²) in [6.45, 7) is 8.13. The van der Waals surface area contributed by atoms with Crippen LogP contribution in [0.15, 0.2) is 124 Å². The quantitative estimate of drug-likeness (QED) is 0.200. The number of nitrogens with zero attached hydrogens (tertiary/aromatic N) is 2. The summed E-state index contributed by atoms with van der Waals surface area (Å²) in [5.74, 6) is 0.659. The van der Waals surface area contributed by atoms with Gasteiger partial charge in [0.05, 0.1) is 40.3 Å². The minimum absolute atomic E-state index is 0.0101. The molecule has 1 fully saturated rings. The lowest BCUT2D eigenvalue weighted by Crippen LogP contribution is -2.55. The molecule has 9 heteroatoms. The van der Waals surface area contributed by atoms with Gasteiger partial charge in [0, 0.05) is 18.5 Å². The van der Waals surface area contributed by atoms with Crippen LogP contribution in [0.25, 0.3) is 0 Å². The Morgan fingerprint density at radius 3 is 1.83 bits per heavy atom. The third kappa shape index (κ3) is 5.93. The van der Waals surface area contributed by atoms with Gasteiger partial charge in [-0.3, -0.25) is 0 Å². The first kappa shape index (κ1) is 32.2. The number of benzene rings is 4. The first-order chi connectivity index (χ1) is 22.0. The Labute approximate surface area is 273 Å². The standard InChI is InChI=1S/C37H40N2O5S2/c1-5-44-37-24-36(32-14-10-9-11-28(32)4)39(46(42,43)31-21-17-27(3)18-22-31)35-23-34(29-12-7-6-8-13-29)38(25-33(35)37)45(40,41)30-19-15-26(2)16-20-30/h6-22,34-36H,5,23-25H2,1-4H3/t34-,35-,36-/m0/s1. The van der Waals surface area contributed by atoms with Gasteiger partial charge in [-0.15, -0.1) is 0 Å². The molecule has 4 aromatic rings. The average Bonchev–Trinajstić information content (AvgIpc) is 3.05. The molecule has 3 atom stereocenters. The van der Waals surface area contributed by atoms with E-state index in [-0.39, 0.29) is 22.8 Å². The van der Waals surface area contributed by atoms with Gasteiger partial charge in [-0.1, -0.05) is 90.0 Å². The molecule has 0 radical (unpaired) electrons. The molecule has 6 rings (SSSR count). The molecule has 0 spiro atoms. The second-order valence-corrected chi connectivity index (χ2v) is 15.9. The summed E-state index contributed by atoms with van der Waals surface area (Å²) < 4.78 is 67.9. The number of rotatable bonds is 8. The van der Waals surface area contributed by atoms with Crippen LogP contribution in [0.1, 0.15) is 59.7 Å². The molecular formula is C37H40N2O5S2. The van der Waals surface area contributed by atoms with Crippen LogP contribution < -0.4 is 0 Å². The first-order valence-corrected chi connectivity index (χ1v) is 18.5. The fourth-order valence-electron chi connectivity index (χ4n) is 6.78. The van der Waals surface area contributed by atoms with Crippen LogP contribution in [0.3, 0.4) is 0 Å². The van der Waals surface area contributed by atoms with Gasteiger partial charge in [-0.25, -0.2) is 16.8 Å². The van der Waals surface area contributed by atoms with Crippen LogP contribution in [-0.2, 0) is 24.8 Å². The highest BCUT2D eigenvalue weighted by Crippen LogP contribution is 2.49. The largest absolute Gasteiger partial charge is 0.498 e. The number of piperidine rings is 1. The van der Waals surface area contributed by atoms with E-state index in [4.69, 9.17) is 4.74 Å². The van der Waals surface area contributed by atoms with Crippen LogP contribution in [0.5, 0.6) is 0 Å². The maximum Gasteiger partial charge on any atom is 0.244 e. The Kier molecular flexibility index (Phi) is 8.95. The van der Waals surface area contributed by atoms with E-state index in [1.807, 2.05) is 94.4 Å². The molecule has 0 saturated carbocycles. The first-order valence-electron chi connectivity index (χ1n) is 15.7. The maximum absolute atomic E-state index is 14.8. The third-order valence-electron chi connectivity index (χ3n) is 9.15. The molecule has 0 N–H and O–H groups in total. The zero-order valence-corrected chi connectivity index (χ0v) is 28.3. The van der Waals surface area contributed by atoms with Crippen molar-refractivity contribution in [3.63, 3.8) is 0 Å². The Bertz CT molecular complexity index is 1960. The lowest BCUT2D eigenvalue weighted by atomic mass is 9.83. The highest BCUT2D eigenvalue weighted by atomic mass is 32.2. The van der Waals surface area contributed by atoms with Gasteiger partial charge < -0.3 is 4.74 Å². The lowest BCUT2D eigenvalue weighted by molar-refractivity contribution is 0.117. The van der Waals surface area contributed by atoms with E-state index in [1.165, 1.54) is 4.31 Å². The molecule has 0 amide bonds. The summed E-state index contributed by atoms with van der Waals surface area (Å²) in [5.41, 5.74) is 5.30. The van der Waals surface area contributed by atoms with Gasteiger partial charge in [0.2, 0.25) is 20.0 Å². The van der Waals surface area contributed by atoms with E-state index in [9.17, 15) is 16.8 Å². The Morgan fingerprint density at radius 1 is 0.674 bits per heavy atom. The summed E-state index contributed by atoms with van der Waals surface area (Å²) in [7, 11) is -8.01. The van der Waals surface area contributed by atoms with Crippen molar-refractivity contribution < 1.29 is 21.6 Å². The number of hydrogen-bond donors (Lipinski definition) is 0. The van der Waals surface area contributed by atoms with E-state index < -0.39 is 38.2 Å². The van der Waals surface area contributed by atoms with Crippen LogP contribution >= 0.6 is 0 Å². The number of hydrogen-bond acceptors (Lipinski definition) is 5. The Balaban J connectivity index is 1.57. The number of ether oxygens (including phenoxy) is 1. The molecule has 0 aliphatic carbocycles. The summed E-state index contributed by atoms with van der Waals surface area (Å²) in [6.07, 6.45) is 0.526. The Hall–Kier alpha value is -3.76. The highest BCUT2D eigenvalue weighted by molar-refractivity contribution is 7.89. The molecule has 2 aliphatic rings. The SMILES string of the molecule is CCOC1=C2CN(S(=O)(=O)c3ccc(C)cc3)[C@H](c3ccccc3)C[C@@H]2N(S(=O)(=O)c2ccc(C)cc2)[C@H](c2ccccc2C)C1. The van der Waals surface area contributed by atoms with Crippen molar-refractivity contribution >= 4 is 20.0 Å². The fraction of sp³-hybridized carbons (Fsp3) is 0.297. The van der Waals surface area contributed by atoms with Gasteiger partial charge >= 0.3 is 0 Å². The second-order valence-electron chi connectivity index (χ2n) is 12.1. The van der Waals surface area contributed by atoms with Gasteiger partial charge in [0.1, 0.15) is 0 Å². The van der Waals surface area contributed by atoms with Crippen LogP contribution in [0.4, 0.5) is 0 Å². The molecule has 4 aromatic carbocycles. The van der Waals surface area contributed by atoms with E-state index in [1.54, 1.807) is 40.7 Å². The molecule has 0 aromatic heterocycles. The van der Waals surface area contributed by atoms with E-state index in [0.717, 1.165) is 27.8 Å². The normalized spacial score (nSPS) is 21.2. The van der Waals surface area contributed by atoms with Crippen molar-refractivity contribution in [2.75, 3.05) is 13.2 Å². The molecule has 7 nitrogen and oxygen atoms in total. The molecular weight excluding hydrogens is 617 g/mol. The van der Waals surface area contributed by atoms with Gasteiger partial charge in [0.15, 0.2) is 0 Å². The predicted octanol–water partition coefficient (Wildman–Crippen LogP) is 7.24. The number of sulfonamides is 2. The minimum atomic E-state index is -4.04. The summed E-state index contributed by atoms with van der Waals surface area (Å²) in [6, 6.07) is 29.4. The topological polar surface area (TPSA) is 84.0 Å². The van der Waals surface area contributed by atoms with Crippen LogP contribution in [0, 0.1) is 20.8 Å². The zero-order valence-electron chi connectivity index (χ0n) is 26.6. The van der Waals surface area contributed by atoms with Gasteiger partial charge in [-0.2, -0.15) is 8.61 Å². The van der Waals surface area contributed by atoms with Crippen molar-refractivity contribution in [3.8, 4) is 0 Å². The summed E-state index contributed by atoms with van der Waals surface area (Å²) in [5, 5.41) is 0. The fourth-order valence-corrected chi connectivity index (χ4v) is 10.2. The van der Waals surface area contributed by atoms with Crippen molar-refractivity contribution in [2.24, 2.45) is 0 Å². The highest BCUT2D eigenvalue weighted by Gasteiger charge is 2.51. The smallest absolute Gasteiger partial charge is 0.244 e. The summed E-state index contributed by atoms with van der Waals surface area (Å²) >= 11 is 0. The van der Waals surface area contributed by atoms with Crippen molar-refractivity contribution in [3.05, 3.63) is 142 Å².